The van der Waals surface area contributed by atoms with Crippen molar-refractivity contribution in [1.82, 2.24) is 9.13 Å². The van der Waals surface area contributed by atoms with Crippen molar-refractivity contribution in [1.29, 1.82) is 0 Å². The van der Waals surface area contributed by atoms with Crippen LogP contribution in [0.1, 0.15) is 112 Å². The van der Waals surface area contributed by atoms with Gasteiger partial charge >= 0.3 is 11.9 Å². The molecule has 7 aromatic rings. The van der Waals surface area contributed by atoms with E-state index in [0.717, 1.165) is 85.6 Å². The van der Waals surface area contributed by atoms with Crippen LogP contribution in [0.2, 0.25) is 0 Å². The van der Waals surface area contributed by atoms with Crippen LogP contribution in [-0.2, 0) is 38.8 Å². The number of esters is 2. The first-order valence-electron chi connectivity index (χ1n) is 23.2. The molecule has 67 heavy (non-hydrogen) atoms. The summed E-state index contributed by atoms with van der Waals surface area (Å²) in [6, 6.07) is 25.2. The number of carbonyl (C=O) groups excluding carboxylic acids is 4. The molecule has 12 nitrogen and oxygen atoms in total. The van der Waals surface area contributed by atoms with Gasteiger partial charge in [0.05, 0.1) is 57.4 Å². The molecule has 11 rings (SSSR count). The van der Waals surface area contributed by atoms with Gasteiger partial charge in [0.1, 0.15) is 40.9 Å². The van der Waals surface area contributed by atoms with Gasteiger partial charge in [-0.25, -0.2) is 9.59 Å². The number of fused-ring (bicyclic) bond motifs is 10. The van der Waals surface area contributed by atoms with Crippen LogP contribution < -0.4 is 14.5 Å². The van der Waals surface area contributed by atoms with Crippen LogP contribution in [0.3, 0.4) is 0 Å². The summed E-state index contributed by atoms with van der Waals surface area (Å²) < 4.78 is 22.5. The highest BCUT2D eigenvalue weighted by atomic mass is 32.1. The van der Waals surface area contributed by atoms with E-state index in [1.54, 1.807) is 29.0 Å². The van der Waals surface area contributed by atoms with E-state index in [1.807, 2.05) is 67.7 Å². The van der Waals surface area contributed by atoms with Crippen molar-refractivity contribution in [2.75, 3.05) is 38.1 Å². The minimum atomic E-state index is -0.345. The molecule has 0 saturated heterocycles. The Morgan fingerprint density at radius 2 is 1.10 bits per heavy atom. The van der Waals surface area contributed by atoms with E-state index in [2.05, 4.69) is 15.2 Å². The Morgan fingerprint density at radius 3 is 1.60 bits per heavy atom. The molecule has 1 N–H and O–H groups in total. The number of hydrogen-bond donors (Lipinski definition) is 1. The van der Waals surface area contributed by atoms with Gasteiger partial charge in [-0.2, -0.15) is 0 Å². The van der Waals surface area contributed by atoms with Crippen LogP contribution in [0.25, 0.3) is 42.9 Å². The molecule has 0 spiro atoms. The second-order valence-electron chi connectivity index (χ2n) is 18.1. The predicted molar refractivity (Wildman–Crippen MR) is 264 cm³/mol. The number of thiophene rings is 2. The average Bonchev–Trinajstić information content (AvgIpc) is 4.10. The summed E-state index contributed by atoms with van der Waals surface area (Å²) in [6.07, 6.45) is 11.7. The molecule has 2 aliphatic heterocycles. The monoisotopic (exact) mass is 938 g/mol. The number of likely N-dealkylation sites (N-methyl/N-ethyl adjacent to an activating group) is 2. The van der Waals surface area contributed by atoms with E-state index in [1.165, 1.54) is 86.5 Å². The van der Waals surface area contributed by atoms with Crippen molar-refractivity contribution in [2.45, 2.75) is 95.7 Å². The summed E-state index contributed by atoms with van der Waals surface area (Å²) in [5.41, 5.74) is 11.2. The normalized spacial score (nSPS) is 16.4. The van der Waals surface area contributed by atoms with Gasteiger partial charge in [0.15, 0.2) is 0 Å². The van der Waals surface area contributed by atoms with E-state index in [-0.39, 0.29) is 42.6 Å². The summed E-state index contributed by atoms with van der Waals surface area (Å²) in [6.45, 7) is 0.885. The number of anilines is 2. The number of benzene rings is 3. The quantitative estimate of drug-likeness (QED) is 0.156. The molecular weight excluding hydrogens is 885 g/mol. The smallest absolute Gasteiger partial charge is 0.348 e. The van der Waals surface area contributed by atoms with Gasteiger partial charge in [-0.3, -0.25) is 9.59 Å². The van der Waals surface area contributed by atoms with Gasteiger partial charge < -0.3 is 38.3 Å². The zero-order chi connectivity index (χ0) is 46.5. The van der Waals surface area contributed by atoms with Crippen LogP contribution in [0.4, 0.5) is 11.4 Å². The summed E-state index contributed by atoms with van der Waals surface area (Å²) in [5.74, 6) is 0.930. The van der Waals surface area contributed by atoms with E-state index < -0.39 is 0 Å². The molecule has 0 radical (unpaired) electrons. The van der Waals surface area contributed by atoms with Gasteiger partial charge in [0.2, 0.25) is 11.8 Å². The van der Waals surface area contributed by atoms with Crippen molar-refractivity contribution in [2.24, 2.45) is 0 Å². The standard InChI is InChI=1S/C30H30N2O4S.C23H24N2O4S/c1-31-23-15-21(36-18-19-9-5-3-6-10-19)13-14-22(23)28-27(20-11-7-4-8-12-20)29-24(32(28)17-26(31)33)16-25(37-29)30(34)35-2;1-24-16-10-14(26)8-9-15(16)21-20(13-6-4-3-5-7-13)22-17(25(21)12-19(24)27)11-18(30-22)23(28)29-2/h3,5-6,9-10,13-16,20H,4,7-8,11-12,17-18H2,1-2H3;8-11,13,26H,3-7,12H2,1-2H3. The number of phenols is 1. The van der Waals surface area contributed by atoms with Crippen molar-refractivity contribution in [3.63, 3.8) is 0 Å². The third-order valence-electron chi connectivity index (χ3n) is 14.1. The molecule has 2 amide bonds. The Bertz CT molecular complexity index is 3060. The minimum absolute atomic E-state index is 0.00174. The number of nitrogens with zero attached hydrogens (tertiary/aromatic N) is 4. The summed E-state index contributed by atoms with van der Waals surface area (Å²) in [7, 11) is 6.38. The molecule has 2 aliphatic carbocycles. The first-order chi connectivity index (χ1) is 32.5. The summed E-state index contributed by atoms with van der Waals surface area (Å²) >= 11 is 2.95. The highest BCUT2D eigenvalue weighted by Crippen LogP contribution is 2.52. The number of aromatic hydroxyl groups is 1. The molecule has 346 valence electrons. The zero-order valence-corrected chi connectivity index (χ0v) is 39.9. The highest BCUT2D eigenvalue weighted by molar-refractivity contribution is 7.21. The Balaban J connectivity index is 0.000000160. The molecule has 6 heterocycles. The molecule has 2 fully saturated rings. The van der Waals surface area contributed by atoms with E-state index in [4.69, 9.17) is 14.2 Å². The zero-order valence-electron chi connectivity index (χ0n) is 38.3. The number of rotatable bonds is 7. The molecule has 0 unspecified atom stereocenters. The predicted octanol–water partition coefficient (Wildman–Crippen LogP) is 11.6. The van der Waals surface area contributed by atoms with Crippen LogP contribution in [0.15, 0.2) is 78.9 Å². The fourth-order valence-electron chi connectivity index (χ4n) is 10.7. The maximum Gasteiger partial charge on any atom is 0.348 e. The van der Waals surface area contributed by atoms with Gasteiger partial charge in [0, 0.05) is 37.4 Å². The third kappa shape index (κ3) is 8.07. The summed E-state index contributed by atoms with van der Waals surface area (Å²) in [5, 5.41) is 10.1. The molecule has 0 atom stereocenters. The number of hydrogen-bond acceptors (Lipinski definition) is 10. The van der Waals surface area contributed by atoms with Crippen LogP contribution >= 0.6 is 22.7 Å². The van der Waals surface area contributed by atoms with Crippen molar-refractivity contribution in [3.05, 3.63) is 105 Å². The highest BCUT2D eigenvalue weighted by Gasteiger charge is 2.36. The number of phenolic OH excluding ortho intramolecular Hbond substituents is 1. The van der Waals surface area contributed by atoms with E-state index in [9.17, 15) is 24.3 Å². The first kappa shape index (κ1) is 44.5. The molecule has 0 bridgehead atoms. The first-order valence-corrected chi connectivity index (χ1v) is 24.8. The second kappa shape index (κ2) is 18.4. The number of aromatic nitrogens is 2. The third-order valence-corrected chi connectivity index (χ3v) is 16.4. The topological polar surface area (TPSA) is 133 Å². The summed E-state index contributed by atoms with van der Waals surface area (Å²) in [4.78, 5) is 55.6. The molecular formula is C53H54N4O8S2. The van der Waals surface area contributed by atoms with Crippen LogP contribution in [-0.4, -0.2) is 66.3 Å². The number of methoxy groups -OCH3 is 2. The number of carbonyl (C=O) groups is 4. The largest absolute Gasteiger partial charge is 0.508 e. The minimum Gasteiger partial charge on any atom is -0.508 e. The molecule has 4 aliphatic rings. The van der Waals surface area contributed by atoms with Crippen molar-refractivity contribution < 1.29 is 38.5 Å². The Labute approximate surface area is 397 Å². The van der Waals surface area contributed by atoms with Gasteiger partial charge in [0.25, 0.3) is 0 Å². The average molecular weight is 939 g/mol. The van der Waals surface area contributed by atoms with E-state index >= 15 is 0 Å². The fraction of sp³-hybridized carbons (Fsp3) is 0.358. The second-order valence-corrected chi connectivity index (χ2v) is 20.2. The SMILES string of the molecule is COC(=O)c1cc2c(s1)c(C1CCCCC1)c1n2CC(=O)N(C)c2cc(O)ccc2-1.COC(=O)c1cc2c(s1)c(C1CCCCC1)c1n2CC(=O)N(C)c2cc(OCc3ccccc3)ccc2-1. The number of ether oxygens (including phenoxy) is 3. The van der Waals surface area contributed by atoms with Crippen molar-refractivity contribution in [3.8, 4) is 34.0 Å². The fourth-order valence-corrected chi connectivity index (χ4v) is 13.1. The Morgan fingerprint density at radius 1 is 0.627 bits per heavy atom. The van der Waals surface area contributed by atoms with Crippen LogP contribution in [0, 0.1) is 0 Å². The molecule has 14 heteroatoms. The number of amides is 2. The molecule has 3 aromatic carbocycles. The van der Waals surface area contributed by atoms with Gasteiger partial charge in [-0.15, -0.1) is 22.7 Å². The lowest BCUT2D eigenvalue weighted by molar-refractivity contribution is -0.119. The Hall–Kier alpha value is -6.38. The van der Waals surface area contributed by atoms with Crippen molar-refractivity contribution >= 4 is 78.2 Å². The maximum absolute atomic E-state index is 13.4. The van der Waals surface area contributed by atoms with E-state index in [0.29, 0.717) is 33.9 Å². The maximum atomic E-state index is 13.4. The lowest BCUT2D eigenvalue weighted by Gasteiger charge is -2.24. The molecule has 4 aromatic heterocycles. The lowest BCUT2D eigenvalue weighted by Crippen LogP contribution is -2.28. The lowest BCUT2D eigenvalue weighted by atomic mass is 9.83. The van der Waals surface area contributed by atoms with Crippen LogP contribution in [0.5, 0.6) is 11.5 Å². The molecule has 2 saturated carbocycles. The Kier molecular flexibility index (Phi) is 12.2. The van der Waals surface area contributed by atoms with Gasteiger partial charge in [-0.1, -0.05) is 68.9 Å². The van der Waals surface area contributed by atoms with Gasteiger partial charge in [-0.05, 0) is 90.6 Å².